The minimum absolute atomic E-state index is 0.144. The van der Waals surface area contributed by atoms with Gasteiger partial charge in [0.1, 0.15) is 0 Å². The van der Waals surface area contributed by atoms with Crippen LogP contribution in [0.5, 0.6) is 0 Å². The molecule has 0 atom stereocenters. The zero-order valence-electron chi connectivity index (χ0n) is 22.5. The normalized spacial score (nSPS) is 11.6. The molecule has 0 unspecified atom stereocenters. The van der Waals surface area contributed by atoms with E-state index in [0.29, 0.717) is 24.9 Å². The molecule has 3 N–H and O–H groups in total. The highest BCUT2D eigenvalue weighted by Crippen LogP contribution is 2.17. The Kier molecular flexibility index (Phi) is 8.01. The standard InChI is InChI=1S/C31H31N7O2/c1-37-16-13-24-7-5-22(18-28(24)37)20-33-35-30(39)4-3-15-32-27-11-9-26(10-12-27)31(40)36-34-21-23-6-8-25-14-17-38(2)29(25)19-23/h5-14,16-21,32H,3-4,15H2,1-2H3,(H,35,39)(H,36,40)/b33-20+,34-21+. The van der Waals surface area contributed by atoms with Crippen molar-refractivity contribution >= 4 is 51.7 Å². The summed E-state index contributed by atoms with van der Waals surface area (Å²) in [6, 6.07) is 23.3. The second-order valence-electron chi connectivity index (χ2n) is 9.59. The SMILES string of the molecule is Cn1ccc2ccc(/C=N/NC(=O)CCCNc3ccc(C(=O)N/N=C/c4ccc5ccn(C)c5c4)cc3)cc21. The lowest BCUT2D eigenvalue weighted by molar-refractivity contribution is -0.121. The lowest BCUT2D eigenvalue weighted by Gasteiger charge is -2.07. The predicted octanol–water partition coefficient (Wildman–Crippen LogP) is 4.78. The molecule has 202 valence electrons. The first kappa shape index (κ1) is 26.4. The number of hydrogen-bond donors (Lipinski definition) is 3. The summed E-state index contributed by atoms with van der Waals surface area (Å²) >= 11 is 0. The second kappa shape index (κ2) is 12.1. The molecule has 0 saturated carbocycles. The number of aryl methyl sites for hydroxylation is 2. The molecule has 0 fully saturated rings. The van der Waals surface area contributed by atoms with Gasteiger partial charge in [0.25, 0.3) is 5.91 Å². The third kappa shape index (κ3) is 6.44. The Morgan fingerprint density at radius 2 is 1.32 bits per heavy atom. The molecular formula is C31H31N7O2. The number of fused-ring (bicyclic) bond motifs is 2. The third-order valence-corrected chi connectivity index (χ3v) is 6.66. The summed E-state index contributed by atoms with van der Waals surface area (Å²) in [5.74, 6) is -0.433. The summed E-state index contributed by atoms with van der Waals surface area (Å²) in [5.41, 5.74) is 10.6. The molecule has 9 nitrogen and oxygen atoms in total. The molecule has 5 rings (SSSR count). The number of nitrogens with one attached hydrogen (secondary N) is 3. The van der Waals surface area contributed by atoms with Gasteiger partial charge in [-0.3, -0.25) is 9.59 Å². The first-order valence-corrected chi connectivity index (χ1v) is 13.1. The zero-order valence-corrected chi connectivity index (χ0v) is 22.5. The van der Waals surface area contributed by atoms with Gasteiger partial charge in [0.15, 0.2) is 0 Å². The van der Waals surface area contributed by atoms with Crippen molar-refractivity contribution < 1.29 is 9.59 Å². The molecule has 0 aliphatic heterocycles. The molecule has 2 amide bonds. The third-order valence-electron chi connectivity index (χ3n) is 6.66. The summed E-state index contributed by atoms with van der Waals surface area (Å²) in [6.45, 7) is 0.614. The second-order valence-corrected chi connectivity index (χ2v) is 9.59. The molecule has 9 heteroatoms. The minimum atomic E-state index is -0.288. The Morgan fingerprint density at radius 1 is 0.750 bits per heavy atom. The summed E-state index contributed by atoms with van der Waals surface area (Å²) < 4.78 is 4.09. The van der Waals surface area contributed by atoms with Crippen LogP contribution >= 0.6 is 0 Å². The van der Waals surface area contributed by atoms with Crippen molar-refractivity contribution in [2.45, 2.75) is 12.8 Å². The van der Waals surface area contributed by atoms with Crippen LogP contribution in [0.1, 0.15) is 34.3 Å². The van der Waals surface area contributed by atoms with E-state index < -0.39 is 0 Å². The average molecular weight is 534 g/mol. The van der Waals surface area contributed by atoms with E-state index in [-0.39, 0.29) is 11.8 Å². The van der Waals surface area contributed by atoms with Gasteiger partial charge in [-0.25, -0.2) is 10.9 Å². The van der Waals surface area contributed by atoms with Crippen LogP contribution in [-0.2, 0) is 18.9 Å². The highest BCUT2D eigenvalue weighted by Gasteiger charge is 2.05. The number of aromatic nitrogens is 2. The largest absolute Gasteiger partial charge is 0.385 e. The molecule has 0 saturated heterocycles. The number of anilines is 1. The maximum absolute atomic E-state index is 12.4. The number of carbonyl (C=O) groups is 2. The number of benzene rings is 3. The fraction of sp³-hybridized carbons (Fsp3) is 0.161. The van der Waals surface area contributed by atoms with Gasteiger partial charge < -0.3 is 14.5 Å². The summed E-state index contributed by atoms with van der Waals surface area (Å²) in [4.78, 5) is 24.6. The fourth-order valence-electron chi connectivity index (χ4n) is 4.41. The van der Waals surface area contributed by atoms with E-state index >= 15 is 0 Å². The van der Waals surface area contributed by atoms with Crippen LogP contribution in [0, 0.1) is 0 Å². The quantitative estimate of drug-likeness (QED) is 0.137. The van der Waals surface area contributed by atoms with E-state index in [4.69, 9.17) is 0 Å². The number of hydrogen-bond acceptors (Lipinski definition) is 5. The molecule has 0 bridgehead atoms. The van der Waals surface area contributed by atoms with Gasteiger partial charge in [-0.15, -0.1) is 0 Å². The van der Waals surface area contributed by atoms with Crippen molar-refractivity contribution in [1.29, 1.82) is 0 Å². The number of nitrogens with zero attached hydrogens (tertiary/aromatic N) is 4. The van der Waals surface area contributed by atoms with Gasteiger partial charge in [0, 0.05) is 61.7 Å². The van der Waals surface area contributed by atoms with Gasteiger partial charge in [0.05, 0.1) is 12.4 Å². The number of carbonyl (C=O) groups excluding carboxylic acids is 2. The lowest BCUT2D eigenvalue weighted by Crippen LogP contribution is -2.18. The Hall–Kier alpha value is -5.18. The van der Waals surface area contributed by atoms with E-state index in [0.717, 1.165) is 38.6 Å². The Labute approximate surface area is 232 Å². The molecule has 3 aromatic carbocycles. The smallest absolute Gasteiger partial charge is 0.271 e. The Balaban J connectivity index is 1.01. The highest BCUT2D eigenvalue weighted by molar-refractivity contribution is 5.96. The maximum atomic E-state index is 12.4. The van der Waals surface area contributed by atoms with Crippen LogP contribution in [0.3, 0.4) is 0 Å². The van der Waals surface area contributed by atoms with Crippen molar-refractivity contribution in [3.8, 4) is 0 Å². The monoisotopic (exact) mass is 533 g/mol. The molecule has 0 radical (unpaired) electrons. The van der Waals surface area contributed by atoms with Crippen molar-refractivity contribution in [3.63, 3.8) is 0 Å². The summed E-state index contributed by atoms with van der Waals surface area (Å²) in [5, 5.41) is 13.7. The number of amides is 2. The van der Waals surface area contributed by atoms with Crippen molar-refractivity contribution in [2.75, 3.05) is 11.9 Å². The van der Waals surface area contributed by atoms with Crippen molar-refractivity contribution in [2.24, 2.45) is 24.3 Å². The first-order chi connectivity index (χ1) is 19.5. The van der Waals surface area contributed by atoms with Crippen LogP contribution in [-0.4, -0.2) is 39.9 Å². The number of hydrazone groups is 2. The van der Waals surface area contributed by atoms with E-state index in [1.54, 1.807) is 24.6 Å². The lowest BCUT2D eigenvalue weighted by atomic mass is 10.2. The summed E-state index contributed by atoms with van der Waals surface area (Å²) in [6.07, 6.45) is 8.28. The van der Waals surface area contributed by atoms with Crippen LogP contribution in [0.15, 0.2) is 95.4 Å². The average Bonchev–Trinajstić information content (AvgIpc) is 3.53. The fourth-order valence-corrected chi connectivity index (χ4v) is 4.41. The molecule has 5 aromatic rings. The van der Waals surface area contributed by atoms with Crippen molar-refractivity contribution in [3.05, 3.63) is 102 Å². The Bertz CT molecular complexity index is 1710. The number of rotatable bonds is 10. The molecule has 2 aromatic heterocycles. The minimum Gasteiger partial charge on any atom is -0.385 e. The van der Waals surface area contributed by atoms with Gasteiger partial charge in [-0.05, 0) is 76.9 Å². The predicted molar refractivity (Wildman–Crippen MR) is 161 cm³/mol. The van der Waals surface area contributed by atoms with Crippen LogP contribution in [0.2, 0.25) is 0 Å². The van der Waals surface area contributed by atoms with Crippen molar-refractivity contribution in [1.82, 2.24) is 20.0 Å². The van der Waals surface area contributed by atoms with E-state index in [1.807, 2.05) is 84.2 Å². The van der Waals surface area contributed by atoms with Gasteiger partial charge in [-0.1, -0.05) is 24.3 Å². The zero-order chi connectivity index (χ0) is 27.9. The topological polar surface area (TPSA) is 105 Å². The van der Waals surface area contributed by atoms with E-state index in [9.17, 15) is 9.59 Å². The van der Waals surface area contributed by atoms with Gasteiger partial charge >= 0.3 is 0 Å². The van der Waals surface area contributed by atoms with Gasteiger partial charge in [-0.2, -0.15) is 10.2 Å². The molecule has 40 heavy (non-hydrogen) atoms. The van der Waals surface area contributed by atoms with E-state index in [2.05, 4.69) is 38.5 Å². The summed E-state index contributed by atoms with van der Waals surface area (Å²) in [7, 11) is 3.99. The molecule has 0 aliphatic rings. The Morgan fingerprint density at radius 3 is 1.93 bits per heavy atom. The molecule has 2 heterocycles. The van der Waals surface area contributed by atoms with Gasteiger partial charge in [0.2, 0.25) is 5.91 Å². The van der Waals surface area contributed by atoms with E-state index in [1.165, 1.54) is 0 Å². The first-order valence-electron chi connectivity index (χ1n) is 13.1. The molecular weight excluding hydrogens is 502 g/mol. The molecule has 0 spiro atoms. The molecule has 0 aliphatic carbocycles. The maximum Gasteiger partial charge on any atom is 0.271 e. The van der Waals surface area contributed by atoms with Crippen LogP contribution in [0.25, 0.3) is 21.8 Å². The highest BCUT2D eigenvalue weighted by atomic mass is 16.2. The van der Waals surface area contributed by atoms with Crippen LogP contribution < -0.4 is 16.2 Å². The van der Waals surface area contributed by atoms with Crippen LogP contribution in [0.4, 0.5) is 5.69 Å².